The molecule has 0 atom stereocenters. The molecule has 1 heterocycles. The highest BCUT2D eigenvalue weighted by atomic mass is 19.1. The van der Waals surface area contributed by atoms with Gasteiger partial charge in [0.2, 0.25) is 0 Å². The maximum Gasteiger partial charge on any atom is 0.125 e. The second-order valence-corrected chi connectivity index (χ2v) is 3.16. The van der Waals surface area contributed by atoms with Gasteiger partial charge in [0.25, 0.3) is 0 Å². The molecule has 0 saturated heterocycles. The van der Waals surface area contributed by atoms with Crippen LogP contribution < -0.4 is 5.32 Å². The summed E-state index contributed by atoms with van der Waals surface area (Å²) >= 11 is 0. The smallest absolute Gasteiger partial charge is 0.125 e. The van der Waals surface area contributed by atoms with Crippen molar-refractivity contribution in [1.82, 2.24) is 20.3 Å². The predicted molar refractivity (Wildman–Crippen MR) is 54.1 cm³/mol. The Morgan fingerprint density at radius 3 is 3.07 bits per heavy atom. The van der Waals surface area contributed by atoms with Crippen molar-refractivity contribution in [2.24, 2.45) is 0 Å². The van der Waals surface area contributed by atoms with Crippen LogP contribution in [0.1, 0.15) is 5.69 Å². The molecule has 0 unspecified atom stereocenters. The average Bonchev–Trinajstić information content (AvgIpc) is 2.67. The van der Waals surface area contributed by atoms with Crippen molar-refractivity contribution in [3.63, 3.8) is 0 Å². The van der Waals surface area contributed by atoms with Crippen molar-refractivity contribution in [3.05, 3.63) is 42.0 Å². The zero-order valence-electron chi connectivity index (χ0n) is 8.31. The van der Waals surface area contributed by atoms with Crippen LogP contribution in [0.25, 0.3) is 5.69 Å². The summed E-state index contributed by atoms with van der Waals surface area (Å²) in [7, 11) is 1.83. The molecule has 0 bridgehead atoms. The van der Waals surface area contributed by atoms with Crippen LogP contribution >= 0.6 is 0 Å². The fraction of sp³-hybridized carbons (Fsp3) is 0.200. The van der Waals surface area contributed by atoms with Gasteiger partial charge < -0.3 is 5.32 Å². The van der Waals surface area contributed by atoms with Crippen LogP contribution in [-0.2, 0) is 6.54 Å². The third-order valence-corrected chi connectivity index (χ3v) is 1.97. The van der Waals surface area contributed by atoms with Gasteiger partial charge in [-0.25, -0.2) is 9.07 Å². The van der Waals surface area contributed by atoms with Gasteiger partial charge >= 0.3 is 0 Å². The molecule has 0 aliphatic rings. The lowest BCUT2D eigenvalue weighted by Crippen LogP contribution is -2.04. The molecule has 78 valence electrons. The molecule has 0 fully saturated rings. The van der Waals surface area contributed by atoms with E-state index >= 15 is 0 Å². The first-order valence-corrected chi connectivity index (χ1v) is 4.61. The second-order valence-electron chi connectivity index (χ2n) is 3.16. The van der Waals surface area contributed by atoms with Crippen LogP contribution in [0, 0.1) is 5.82 Å². The summed E-state index contributed by atoms with van der Waals surface area (Å²) in [4.78, 5) is 0. The maximum atomic E-state index is 12.9. The van der Waals surface area contributed by atoms with E-state index in [2.05, 4.69) is 15.6 Å². The highest BCUT2D eigenvalue weighted by Crippen LogP contribution is 2.08. The van der Waals surface area contributed by atoms with Gasteiger partial charge in [0.05, 0.1) is 17.6 Å². The molecule has 1 aromatic carbocycles. The van der Waals surface area contributed by atoms with Crippen LogP contribution in [-0.4, -0.2) is 22.0 Å². The van der Waals surface area contributed by atoms with Crippen LogP contribution in [0.3, 0.4) is 0 Å². The first-order valence-electron chi connectivity index (χ1n) is 4.61. The van der Waals surface area contributed by atoms with Crippen molar-refractivity contribution in [2.75, 3.05) is 7.05 Å². The Balaban J connectivity index is 2.29. The topological polar surface area (TPSA) is 42.7 Å². The fourth-order valence-corrected chi connectivity index (χ4v) is 1.31. The van der Waals surface area contributed by atoms with E-state index in [1.54, 1.807) is 23.0 Å². The summed E-state index contributed by atoms with van der Waals surface area (Å²) in [5, 5.41) is 10.8. The summed E-state index contributed by atoms with van der Waals surface area (Å²) in [6.45, 7) is 0.648. The van der Waals surface area contributed by atoms with Crippen LogP contribution in [0.4, 0.5) is 4.39 Å². The molecule has 0 spiro atoms. The van der Waals surface area contributed by atoms with Crippen molar-refractivity contribution in [1.29, 1.82) is 0 Å². The van der Waals surface area contributed by atoms with Crippen molar-refractivity contribution in [3.8, 4) is 5.69 Å². The lowest BCUT2D eigenvalue weighted by molar-refractivity contribution is 0.624. The third kappa shape index (κ3) is 2.19. The number of hydrogen-bond donors (Lipinski definition) is 1. The number of nitrogens with one attached hydrogen (secondary N) is 1. The monoisotopic (exact) mass is 206 g/mol. The molecule has 15 heavy (non-hydrogen) atoms. The molecular formula is C10H11FN4. The zero-order valence-corrected chi connectivity index (χ0v) is 8.31. The lowest BCUT2D eigenvalue weighted by atomic mass is 10.3. The Hall–Kier alpha value is -1.75. The number of benzene rings is 1. The van der Waals surface area contributed by atoms with Crippen LogP contribution in [0.2, 0.25) is 0 Å². The molecule has 0 aliphatic carbocycles. The van der Waals surface area contributed by atoms with E-state index in [0.29, 0.717) is 12.2 Å². The minimum Gasteiger partial charge on any atom is -0.314 e. The lowest BCUT2D eigenvalue weighted by Gasteiger charge is -1.98. The van der Waals surface area contributed by atoms with Gasteiger partial charge in [0, 0.05) is 6.54 Å². The van der Waals surface area contributed by atoms with Gasteiger partial charge in [0.15, 0.2) is 0 Å². The average molecular weight is 206 g/mol. The van der Waals surface area contributed by atoms with E-state index < -0.39 is 0 Å². The van der Waals surface area contributed by atoms with Gasteiger partial charge in [-0.05, 0) is 25.2 Å². The van der Waals surface area contributed by atoms with E-state index in [1.165, 1.54) is 12.1 Å². The zero-order chi connectivity index (χ0) is 10.7. The molecule has 4 nitrogen and oxygen atoms in total. The Labute approximate surface area is 86.7 Å². The van der Waals surface area contributed by atoms with Gasteiger partial charge in [-0.3, -0.25) is 0 Å². The fourth-order valence-electron chi connectivity index (χ4n) is 1.31. The number of halogens is 1. The summed E-state index contributed by atoms with van der Waals surface area (Å²) < 4.78 is 14.5. The number of nitrogens with zero attached hydrogens (tertiary/aromatic N) is 3. The minimum absolute atomic E-state index is 0.279. The van der Waals surface area contributed by atoms with E-state index in [0.717, 1.165) is 5.69 Å². The molecular weight excluding hydrogens is 195 g/mol. The first kappa shape index (κ1) is 9.79. The Morgan fingerprint density at radius 1 is 1.47 bits per heavy atom. The Bertz CT molecular complexity index is 452. The standard InChI is InChI=1S/C10H11FN4/c1-12-6-9-7-15(14-13-9)10-4-2-3-8(11)5-10/h2-5,7,12H,6H2,1H3. The minimum atomic E-state index is -0.279. The van der Waals surface area contributed by atoms with Crippen molar-refractivity contribution >= 4 is 0 Å². The quantitative estimate of drug-likeness (QED) is 0.818. The molecule has 0 saturated carbocycles. The molecule has 0 amide bonds. The summed E-state index contributed by atoms with van der Waals surface area (Å²) in [5.74, 6) is -0.279. The van der Waals surface area contributed by atoms with E-state index in [1.807, 2.05) is 7.05 Å². The number of aromatic nitrogens is 3. The molecule has 1 aromatic heterocycles. The molecule has 5 heteroatoms. The molecule has 0 aliphatic heterocycles. The van der Waals surface area contributed by atoms with Crippen molar-refractivity contribution < 1.29 is 4.39 Å². The van der Waals surface area contributed by atoms with Gasteiger partial charge in [-0.1, -0.05) is 11.3 Å². The third-order valence-electron chi connectivity index (χ3n) is 1.97. The van der Waals surface area contributed by atoms with Crippen molar-refractivity contribution in [2.45, 2.75) is 6.54 Å². The molecule has 0 radical (unpaired) electrons. The van der Waals surface area contributed by atoms with Crippen LogP contribution in [0.15, 0.2) is 30.5 Å². The number of hydrogen-bond acceptors (Lipinski definition) is 3. The van der Waals surface area contributed by atoms with Crippen LogP contribution in [0.5, 0.6) is 0 Å². The molecule has 2 aromatic rings. The van der Waals surface area contributed by atoms with E-state index in [4.69, 9.17) is 0 Å². The summed E-state index contributed by atoms with van der Waals surface area (Å²) in [5.41, 5.74) is 1.49. The largest absolute Gasteiger partial charge is 0.314 e. The van der Waals surface area contributed by atoms with E-state index in [9.17, 15) is 4.39 Å². The number of rotatable bonds is 3. The first-order chi connectivity index (χ1) is 7.29. The Kier molecular flexibility index (Phi) is 2.73. The predicted octanol–water partition coefficient (Wildman–Crippen LogP) is 1.13. The molecule has 2 rings (SSSR count). The highest BCUT2D eigenvalue weighted by molar-refractivity contribution is 5.30. The Morgan fingerprint density at radius 2 is 2.33 bits per heavy atom. The summed E-state index contributed by atoms with van der Waals surface area (Å²) in [6.07, 6.45) is 1.77. The van der Waals surface area contributed by atoms with Gasteiger partial charge in [-0.15, -0.1) is 5.10 Å². The normalized spacial score (nSPS) is 10.5. The van der Waals surface area contributed by atoms with Gasteiger partial charge in [0.1, 0.15) is 5.82 Å². The highest BCUT2D eigenvalue weighted by Gasteiger charge is 2.02. The summed E-state index contributed by atoms with van der Waals surface area (Å²) in [6, 6.07) is 6.23. The van der Waals surface area contributed by atoms with E-state index in [-0.39, 0.29) is 5.82 Å². The molecule has 1 N–H and O–H groups in total. The van der Waals surface area contributed by atoms with Gasteiger partial charge in [-0.2, -0.15) is 0 Å². The maximum absolute atomic E-state index is 12.9. The SMILES string of the molecule is CNCc1cn(-c2cccc(F)c2)nn1. The second kappa shape index (κ2) is 4.18.